The number of aryl methyl sites for hydroxylation is 1. The summed E-state index contributed by atoms with van der Waals surface area (Å²) in [6.45, 7) is 5.93. The molecule has 1 N–H and O–H groups in total. The van der Waals surface area contributed by atoms with Crippen LogP contribution < -0.4 is 5.32 Å². The molecule has 1 aromatic rings. The van der Waals surface area contributed by atoms with E-state index in [0.717, 1.165) is 6.54 Å². The van der Waals surface area contributed by atoms with Gasteiger partial charge in [-0.3, -0.25) is 0 Å². The second-order valence-electron chi connectivity index (χ2n) is 5.19. The monoisotopic (exact) mass is 223 g/mol. The predicted molar refractivity (Wildman–Crippen MR) is 61.9 cm³/mol. The minimum absolute atomic E-state index is 0.466. The molecule has 90 valence electrons. The van der Waals surface area contributed by atoms with E-state index < -0.39 is 0 Å². The zero-order valence-electron chi connectivity index (χ0n) is 10.3. The van der Waals surface area contributed by atoms with E-state index in [1.54, 1.807) is 0 Å². The van der Waals surface area contributed by atoms with E-state index >= 15 is 0 Å². The lowest BCUT2D eigenvalue weighted by molar-refractivity contribution is 0.205. The predicted octanol–water partition coefficient (Wildman–Crippen LogP) is 2.44. The molecule has 0 radical (unpaired) electrons. The number of nitrogens with one attached hydrogen (secondary N) is 1. The highest BCUT2D eigenvalue weighted by molar-refractivity contribution is 4.83. The van der Waals surface area contributed by atoms with E-state index in [0.29, 0.717) is 23.7 Å². The Balaban J connectivity index is 1.74. The Morgan fingerprint density at radius 1 is 1.25 bits per heavy atom. The summed E-state index contributed by atoms with van der Waals surface area (Å²) in [5.74, 6) is 1.33. The van der Waals surface area contributed by atoms with Crippen LogP contribution in [0.3, 0.4) is 0 Å². The molecule has 0 aromatic carbocycles. The number of nitrogens with zero attached hydrogens (tertiary/aromatic N) is 2. The van der Waals surface area contributed by atoms with Gasteiger partial charge in [-0.2, -0.15) is 0 Å². The molecule has 1 aliphatic rings. The highest BCUT2D eigenvalue weighted by Gasteiger charge is 2.26. The number of rotatable bonds is 4. The second kappa shape index (κ2) is 4.95. The van der Waals surface area contributed by atoms with E-state index in [9.17, 15) is 0 Å². The molecule has 0 unspecified atom stereocenters. The Morgan fingerprint density at radius 3 is 2.62 bits per heavy atom. The summed E-state index contributed by atoms with van der Waals surface area (Å²) in [6.07, 6.45) is 6.82. The third kappa shape index (κ3) is 3.04. The molecule has 2 rings (SSSR count). The highest BCUT2D eigenvalue weighted by atomic mass is 16.4. The first kappa shape index (κ1) is 11.6. The smallest absolute Gasteiger partial charge is 0.230 e. The van der Waals surface area contributed by atoms with Gasteiger partial charge in [0.2, 0.25) is 11.8 Å². The van der Waals surface area contributed by atoms with Gasteiger partial charge in [0.05, 0.1) is 6.54 Å². The average molecular weight is 223 g/mol. The largest absolute Gasteiger partial charge is 0.424 e. The molecular weight excluding hydrogens is 202 g/mol. The molecule has 0 saturated heterocycles. The third-order valence-electron chi connectivity index (χ3n) is 3.46. The summed E-state index contributed by atoms with van der Waals surface area (Å²) < 4.78 is 5.32. The van der Waals surface area contributed by atoms with E-state index in [1.807, 2.05) is 6.92 Å². The molecule has 0 atom stereocenters. The maximum Gasteiger partial charge on any atom is 0.230 e. The van der Waals surface area contributed by atoms with Crippen LogP contribution in [0.25, 0.3) is 0 Å². The van der Waals surface area contributed by atoms with Crippen LogP contribution >= 0.6 is 0 Å². The van der Waals surface area contributed by atoms with E-state index in [4.69, 9.17) is 4.42 Å². The van der Waals surface area contributed by atoms with Crippen molar-refractivity contribution < 1.29 is 4.42 Å². The van der Waals surface area contributed by atoms with Crippen LogP contribution in [0, 0.1) is 12.3 Å². The standard InChI is InChI=1S/C12H21N3O/c1-10-14-15-11(16-10)8-13-9-12(2)6-4-3-5-7-12/h13H,3-9H2,1-2H3. The van der Waals surface area contributed by atoms with Gasteiger partial charge in [0.1, 0.15) is 0 Å². The van der Waals surface area contributed by atoms with Crippen LogP contribution in [0.4, 0.5) is 0 Å². The van der Waals surface area contributed by atoms with Crippen molar-refractivity contribution in [3.05, 3.63) is 11.8 Å². The van der Waals surface area contributed by atoms with Crippen molar-refractivity contribution in [2.75, 3.05) is 6.54 Å². The minimum atomic E-state index is 0.466. The minimum Gasteiger partial charge on any atom is -0.424 e. The van der Waals surface area contributed by atoms with Crippen LogP contribution in [0.15, 0.2) is 4.42 Å². The summed E-state index contributed by atoms with van der Waals surface area (Å²) in [5.41, 5.74) is 0.466. The molecule has 16 heavy (non-hydrogen) atoms. The normalized spacial score (nSPS) is 19.9. The van der Waals surface area contributed by atoms with Crippen molar-refractivity contribution in [1.29, 1.82) is 0 Å². The summed E-state index contributed by atoms with van der Waals surface area (Å²) in [5, 5.41) is 11.2. The molecule has 4 nitrogen and oxygen atoms in total. The van der Waals surface area contributed by atoms with Crippen molar-refractivity contribution in [3.8, 4) is 0 Å². The Hall–Kier alpha value is -0.900. The second-order valence-corrected chi connectivity index (χ2v) is 5.19. The molecule has 1 saturated carbocycles. The summed E-state index contributed by atoms with van der Waals surface area (Å²) >= 11 is 0. The molecule has 1 fully saturated rings. The molecule has 0 aliphatic heterocycles. The average Bonchev–Trinajstić information content (AvgIpc) is 2.65. The van der Waals surface area contributed by atoms with Crippen molar-refractivity contribution in [1.82, 2.24) is 15.5 Å². The maximum absolute atomic E-state index is 5.32. The zero-order chi connectivity index (χ0) is 11.4. The summed E-state index contributed by atoms with van der Waals surface area (Å²) in [7, 11) is 0. The third-order valence-corrected chi connectivity index (χ3v) is 3.46. The highest BCUT2D eigenvalue weighted by Crippen LogP contribution is 2.34. The lowest BCUT2D eigenvalue weighted by Gasteiger charge is -2.33. The molecule has 1 aromatic heterocycles. The molecule has 1 heterocycles. The Bertz CT molecular complexity index is 329. The van der Waals surface area contributed by atoms with Gasteiger partial charge < -0.3 is 9.73 Å². The zero-order valence-corrected chi connectivity index (χ0v) is 10.3. The first-order valence-electron chi connectivity index (χ1n) is 6.18. The topological polar surface area (TPSA) is 51.0 Å². The molecule has 4 heteroatoms. The van der Waals surface area contributed by atoms with Crippen molar-refractivity contribution in [2.24, 2.45) is 5.41 Å². The molecule has 0 spiro atoms. The fourth-order valence-electron chi connectivity index (χ4n) is 2.46. The molecule has 1 aliphatic carbocycles. The summed E-state index contributed by atoms with van der Waals surface area (Å²) in [6, 6.07) is 0. The Labute approximate surface area is 96.8 Å². The fraction of sp³-hybridized carbons (Fsp3) is 0.833. The fourth-order valence-corrected chi connectivity index (χ4v) is 2.46. The van der Waals surface area contributed by atoms with Crippen LogP contribution in [0.2, 0.25) is 0 Å². The van der Waals surface area contributed by atoms with Crippen LogP contribution in [0.5, 0.6) is 0 Å². The van der Waals surface area contributed by atoms with Gasteiger partial charge in [-0.15, -0.1) is 10.2 Å². The van der Waals surface area contributed by atoms with E-state index in [1.165, 1.54) is 32.1 Å². The van der Waals surface area contributed by atoms with Gasteiger partial charge in [0, 0.05) is 13.5 Å². The van der Waals surface area contributed by atoms with Gasteiger partial charge >= 0.3 is 0 Å². The van der Waals surface area contributed by atoms with Crippen molar-refractivity contribution in [3.63, 3.8) is 0 Å². The number of hydrogen-bond donors (Lipinski definition) is 1. The molecular formula is C12H21N3O. The number of hydrogen-bond acceptors (Lipinski definition) is 4. The van der Waals surface area contributed by atoms with Gasteiger partial charge in [0.25, 0.3) is 0 Å². The Kier molecular flexibility index (Phi) is 3.59. The molecule has 0 bridgehead atoms. The first-order chi connectivity index (χ1) is 7.68. The van der Waals surface area contributed by atoms with E-state index in [-0.39, 0.29) is 0 Å². The van der Waals surface area contributed by atoms with Crippen molar-refractivity contribution in [2.45, 2.75) is 52.5 Å². The number of aromatic nitrogens is 2. The maximum atomic E-state index is 5.32. The van der Waals surface area contributed by atoms with Gasteiger partial charge in [-0.1, -0.05) is 26.2 Å². The van der Waals surface area contributed by atoms with Gasteiger partial charge in [-0.25, -0.2) is 0 Å². The van der Waals surface area contributed by atoms with Crippen molar-refractivity contribution >= 4 is 0 Å². The quantitative estimate of drug-likeness (QED) is 0.851. The van der Waals surface area contributed by atoms with Gasteiger partial charge in [-0.05, 0) is 18.3 Å². The molecule has 0 amide bonds. The van der Waals surface area contributed by atoms with Crippen LogP contribution in [-0.4, -0.2) is 16.7 Å². The lowest BCUT2D eigenvalue weighted by Crippen LogP contribution is -2.33. The SMILES string of the molecule is Cc1nnc(CNCC2(C)CCCCC2)o1. The Morgan fingerprint density at radius 2 is 2.00 bits per heavy atom. The first-order valence-corrected chi connectivity index (χ1v) is 6.18. The summed E-state index contributed by atoms with van der Waals surface area (Å²) in [4.78, 5) is 0. The van der Waals surface area contributed by atoms with Crippen LogP contribution in [-0.2, 0) is 6.54 Å². The lowest BCUT2D eigenvalue weighted by atomic mass is 9.76. The van der Waals surface area contributed by atoms with Crippen LogP contribution in [0.1, 0.15) is 50.8 Å². The van der Waals surface area contributed by atoms with Gasteiger partial charge in [0.15, 0.2) is 0 Å². The van der Waals surface area contributed by atoms with E-state index in [2.05, 4.69) is 22.4 Å².